The molecule has 0 N–H and O–H groups in total. The van der Waals surface area contributed by atoms with Crippen LogP contribution in [0.3, 0.4) is 0 Å². The zero-order valence-corrected chi connectivity index (χ0v) is 17.8. The number of para-hydroxylation sites is 1. The summed E-state index contributed by atoms with van der Waals surface area (Å²) in [5, 5.41) is 1.32. The molecule has 1 aromatic heterocycles. The number of hydrogen-bond donors (Lipinski definition) is 0. The summed E-state index contributed by atoms with van der Waals surface area (Å²) < 4.78 is 2.35. The molecule has 3 heteroatoms. The molecule has 0 unspecified atom stereocenters. The molecule has 3 nitrogen and oxygen atoms in total. The van der Waals surface area contributed by atoms with Crippen LogP contribution in [0.4, 0.5) is 11.4 Å². The minimum atomic E-state index is 0.817. The Labute approximate surface area is 173 Å². The highest BCUT2D eigenvalue weighted by molar-refractivity contribution is 5.84. The number of hydrogen-bond acceptors (Lipinski definition) is 2. The van der Waals surface area contributed by atoms with Crippen molar-refractivity contribution in [3.63, 3.8) is 0 Å². The van der Waals surface area contributed by atoms with E-state index in [-0.39, 0.29) is 0 Å². The Morgan fingerprint density at radius 1 is 0.690 bits per heavy atom. The van der Waals surface area contributed by atoms with Crippen LogP contribution in [0.5, 0.6) is 0 Å². The zero-order chi connectivity index (χ0) is 20.4. The molecular weight excluding hydrogens is 354 g/mol. The number of aryl methyl sites for hydroxylation is 2. The van der Waals surface area contributed by atoms with Gasteiger partial charge in [-0.2, -0.15) is 0 Å². The molecule has 0 aliphatic carbocycles. The molecule has 0 aliphatic heterocycles. The van der Waals surface area contributed by atoms with Crippen molar-refractivity contribution in [1.29, 1.82) is 0 Å². The third kappa shape index (κ3) is 4.14. The van der Waals surface area contributed by atoms with Crippen LogP contribution in [-0.4, -0.2) is 18.7 Å². The lowest BCUT2D eigenvalue weighted by Crippen LogP contribution is -2.20. The van der Waals surface area contributed by atoms with E-state index in [1.54, 1.807) is 0 Å². The Kier molecular flexibility index (Phi) is 5.30. The van der Waals surface area contributed by atoms with Gasteiger partial charge in [-0.1, -0.05) is 53.6 Å². The quantitative estimate of drug-likeness (QED) is 0.405. The number of fused-ring (bicyclic) bond motifs is 1. The summed E-state index contributed by atoms with van der Waals surface area (Å²) in [4.78, 5) is 4.61. The third-order valence-electron chi connectivity index (χ3n) is 5.59. The first-order valence-electron chi connectivity index (χ1n) is 10.1. The Bertz CT molecular complexity index is 1000. The number of aromatic nitrogens is 1. The average molecular weight is 384 g/mol. The highest BCUT2D eigenvalue weighted by Gasteiger charge is 2.12. The van der Waals surface area contributed by atoms with Gasteiger partial charge in [-0.15, -0.1) is 0 Å². The van der Waals surface area contributed by atoms with E-state index in [1.165, 1.54) is 39.0 Å². The number of benzene rings is 3. The maximum Gasteiger partial charge on any atom is 0.0943 e. The molecule has 0 aliphatic rings. The van der Waals surface area contributed by atoms with Gasteiger partial charge in [-0.05, 0) is 49.7 Å². The largest absolute Gasteiger partial charge is 0.370 e. The fraction of sp³-hybridized carbons (Fsp3) is 0.231. The van der Waals surface area contributed by atoms with Crippen LogP contribution < -0.4 is 9.80 Å². The molecule has 0 radical (unpaired) electrons. The molecule has 0 saturated carbocycles. The number of rotatable bonds is 6. The lowest BCUT2D eigenvalue weighted by atomic mass is 10.1. The van der Waals surface area contributed by atoms with Crippen LogP contribution in [-0.2, 0) is 13.2 Å². The van der Waals surface area contributed by atoms with Gasteiger partial charge in [0, 0.05) is 49.1 Å². The van der Waals surface area contributed by atoms with E-state index in [0.717, 1.165) is 13.2 Å². The first-order valence-corrected chi connectivity index (χ1v) is 10.1. The van der Waals surface area contributed by atoms with Gasteiger partial charge in [-0.3, -0.25) is 0 Å². The molecule has 0 saturated heterocycles. The average Bonchev–Trinajstić information content (AvgIpc) is 3.06. The summed E-state index contributed by atoms with van der Waals surface area (Å²) in [5.74, 6) is 0. The topological polar surface area (TPSA) is 11.4 Å². The fourth-order valence-corrected chi connectivity index (χ4v) is 3.82. The van der Waals surface area contributed by atoms with Gasteiger partial charge in [0.15, 0.2) is 0 Å². The van der Waals surface area contributed by atoms with Crippen molar-refractivity contribution in [3.05, 3.63) is 95.7 Å². The zero-order valence-electron chi connectivity index (χ0n) is 17.8. The molecule has 3 aromatic carbocycles. The van der Waals surface area contributed by atoms with Crippen LogP contribution in [0, 0.1) is 13.8 Å². The standard InChI is InChI=1S/C26H29N3/c1-20-9-13-23(14-10-20)27(3)17-22-18-29(26-8-6-5-7-25(22)26)19-28(4)24-15-11-21(2)12-16-24/h5-16,18H,17,19H2,1-4H3. The molecular formula is C26H29N3. The van der Waals surface area contributed by atoms with E-state index in [1.807, 2.05) is 0 Å². The van der Waals surface area contributed by atoms with E-state index >= 15 is 0 Å². The van der Waals surface area contributed by atoms with Gasteiger partial charge < -0.3 is 14.4 Å². The SMILES string of the molecule is Cc1ccc(N(C)Cc2cn(CN(C)c3ccc(C)cc3)c3ccccc23)cc1. The predicted molar refractivity (Wildman–Crippen MR) is 125 cm³/mol. The molecule has 4 rings (SSSR count). The molecule has 0 fully saturated rings. The van der Waals surface area contributed by atoms with E-state index < -0.39 is 0 Å². The van der Waals surface area contributed by atoms with Crippen molar-refractivity contribution in [3.8, 4) is 0 Å². The van der Waals surface area contributed by atoms with E-state index in [4.69, 9.17) is 0 Å². The Morgan fingerprint density at radius 3 is 1.86 bits per heavy atom. The minimum absolute atomic E-state index is 0.817. The van der Waals surface area contributed by atoms with Crippen molar-refractivity contribution < 1.29 is 0 Å². The lowest BCUT2D eigenvalue weighted by molar-refractivity contribution is 0.705. The van der Waals surface area contributed by atoms with Crippen LogP contribution in [0.1, 0.15) is 16.7 Å². The van der Waals surface area contributed by atoms with Crippen molar-refractivity contribution in [2.24, 2.45) is 0 Å². The van der Waals surface area contributed by atoms with Crippen LogP contribution in [0.15, 0.2) is 79.0 Å². The van der Waals surface area contributed by atoms with E-state index in [9.17, 15) is 0 Å². The highest BCUT2D eigenvalue weighted by Crippen LogP contribution is 2.26. The van der Waals surface area contributed by atoms with Crippen molar-refractivity contribution >= 4 is 22.3 Å². The van der Waals surface area contributed by atoms with Crippen molar-refractivity contribution in [2.45, 2.75) is 27.1 Å². The molecule has 148 valence electrons. The predicted octanol–water partition coefficient (Wildman–Crippen LogP) is 5.99. The maximum absolute atomic E-state index is 2.35. The second-order valence-corrected chi connectivity index (χ2v) is 8.01. The summed E-state index contributed by atoms with van der Waals surface area (Å²) in [6.45, 7) is 5.95. The van der Waals surface area contributed by atoms with Gasteiger partial charge in [0.1, 0.15) is 0 Å². The summed E-state index contributed by atoms with van der Waals surface area (Å²) in [6, 6.07) is 26.1. The molecule has 0 spiro atoms. The van der Waals surface area contributed by atoms with Crippen LogP contribution in [0.25, 0.3) is 10.9 Å². The third-order valence-corrected chi connectivity index (χ3v) is 5.59. The summed E-state index contributed by atoms with van der Waals surface area (Å²) in [5.41, 5.74) is 7.67. The van der Waals surface area contributed by atoms with Crippen molar-refractivity contribution in [1.82, 2.24) is 4.57 Å². The van der Waals surface area contributed by atoms with Gasteiger partial charge in [0.2, 0.25) is 0 Å². The highest BCUT2D eigenvalue weighted by atomic mass is 15.2. The van der Waals surface area contributed by atoms with Crippen LogP contribution >= 0.6 is 0 Å². The Balaban J connectivity index is 1.61. The van der Waals surface area contributed by atoms with E-state index in [2.05, 4.69) is 121 Å². The Morgan fingerprint density at radius 2 is 1.24 bits per heavy atom. The second-order valence-electron chi connectivity index (χ2n) is 8.01. The Hall–Kier alpha value is -3.20. The summed E-state index contributed by atoms with van der Waals surface area (Å²) in [7, 11) is 4.31. The normalized spacial score (nSPS) is 11.0. The van der Waals surface area contributed by atoms with Gasteiger partial charge in [0.05, 0.1) is 6.67 Å². The molecule has 0 amide bonds. The van der Waals surface area contributed by atoms with Gasteiger partial charge in [-0.25, -0.2) is 0 Å². The second kappa shape index (κ2) is 8.04. The first-order chi connectivity index (χ1) is 14.0. The monoisotopic (exact) mass is 383 g/mol. The van der Waals surface area contributed by atoms with Gasteiger partial charge in [0.25, 0.3) is 0 Å². The fourth-order valence-electron chi connectivity index (χ4n) is 3.82. The number of nitrogens with zero attached hydrogens (tertiary/aromatic N) is 3. The summed E-state index contributed by atoms with van der Waals surface area (Å²) in [6.07, 6.45) is 2.31. The van der Waals surface area contributed by atoms with E-state index in [0.29, 0.717) is 0 Å². The molecule has 4 aromatic rings. The van der Waals surface area contributed by atoms with Crippen molar-refractivity contribution in [2.75, 3.05) is 23.9 Å². The van der Waals surface area contributed by atoms with Gasteiger partial charge >= 0.3 is 0 Å². The first kappa shape index (κ1) is 19.1. The lowest BCUT2D eigenvalue weighted by Gasteiger charge is -2.21. The molecule has 29 heavy (non-hydrogen) atoms. The maximum atomic E-state index is 2.35. The summed E-state index contributed by atoms with van der Waals surface area (Å²) >= 11 is 0. The smallest absolute Gasteiger partial charge is 0.0943 e. The number of anilines is 2. The molecule has 0 atom stereocenters. The van der Waals surface area contributed by atoms with Crippen LogP contribution in [0.2, 0.25) is 0 Å². The molecule has 1 heterocycles. The molecule has 0 bridgehead atoms. The minimum Gasteiger partial charge on any atom is -0.370 e.